The van der Waals surface area contributed by atoms with Gasteiger partial charge in [-0.05, 0) is 68.1 Å². The van der Waals surface area contributed by atoms with Gasteiger partial charge in [0, 0.05) is 0 Å². The summed E-state index contributed by atoms with van der Waals surface area (Å²) in [6.45, 7) is 18.2. The third-order valence-corrected chi connectivity index (χ3v) is 6.24. The van der Waals surface area contributed by atoms with Crippen molar-refractivity contribution in [1.29, 1.82) is 0 Å². The third-order valence-electron chi connectivity index (χ3n) is 6.24. The molecule has 0 amide bonds. The summed E-state index contributed by atoms with van der Waals surface area (Å²) in [7, 11) is 0. The summed E-state index contributed by atoms with van der Waals surface area (Å²) in [6, 6.07) is 0. The highest BCUT2D eigenvalue weighted by atomic mass is 14.3. The lowest BCUT2D eigenvalue weighted by atomic mass is 9.76. The Morgan fingerprint density at radius 2 is 1.87 bits per heavy atom. The van der Waals surface area contributed by atoms with Gasteiger partial charge in [0.05, 0.1) is 0 Å². The zero-order chi connectivity index (χ0) is 17.5. The van der Waals surface area contributed by atoms with Gasteiger partial charge < -0.3 is 0 Å². The van der Waals surface area contributed by atoms with E-state index in [1.165, 1.54) is 57.8 Å². The van der Waals surface area contributed by atoms with Crippen LogP contribution in [0.4, 0.5) is 0 Å². The van der Waals surface area contributed by atoms with Crippen LogP contribution in [0.2, 0.25) is 0 Å². The normalized spacial score (nSPS) is 21.0. The molecule has 0 aromatic carbocycles. The molecule has 0 nitrogen and oxygen atoms in total. The first-order valence-corrected chi connectivity index (χ1v) is 9.94. The van der Waals surface area contributed by atoms with E-state index >= 15 is 0 Å². The summed E-state index contributed by atoms with van der Waals surface area (Å²) in [6.07, 6.45) is 16.9. The highest BCUT2D eigenvalue weighted by molar-refractivity contribution is 5.03. The van der Waals surface area contributed by atoms with Gasteiger partial charge in [-0.2, -0.15) is 0 Å². The number of allylic oxidation sites excluding steroid dienone is 3. The Morgan fingerprint density at radius 1 is 1.17 bits per heavy atom. The molecule has 1 aliphatic carbocycles. The fourth-order valence-electron chi connectivity index (χ4n) is 3.70. The second-order valence-electron chi connectivity index (χ2n) is 9.66. The van der Waals surface area contributed by atoms with Crippen LogP contribution in [-0.4, -0.2) is 0 Å². The molecule has 0 heterocycles. The molecule has 1 aliphatic rings. The molecule has 0 radical (unpaired) electrons. The van der Waals surface area contributed by atoms with Gasteiger partial charge in [-0.1, -0.05) is 71.6 Å². The summed E-state index contributed by atoms with van der Waals surface area (Å²) in [4.78, 5) is 0. The third kappa shape index (κ3) is 8.23. The van der Waals surface area contributed by atoms with E-state index in [1.807, 2.05) is 0 Å². The second-order valence-corrected chi connectivity index (χ2v) is 9.66. The van der Waals surface area contributed by atoms with E-state index in [4.69, 9.17) is 0 Å². The molecule has 0 aromatic heterocycles. The molecule has 23 heavy (non-hydrogen) atoms. The SMILES string of the molecule is C=CC(C)(C)CCC(C)(C)CCCCC(C)C1CC=C(C)CC1. The summed E-state index contributed by atoms with van der Waals surface area (Å²) in [5.74, 6) is 1.85. The van der Waals surface area contributed by atoms with E-state index in [9.17, 15) is 0 Å². The average Bonchev–Trinajstić information content (AvgIpc) is 2.50. The Balaban J connectivity index is 2.21. The minimum absolute atomic E-state index is 0.290. The van der Waals surface area contributed by atoms with Crippen molar-refractivity contribution in [1.82, 2.24) is 0 Å². The minimum atomic E-state index is 0.290. The number of hydrogen-bond acceptors (Lipinski definition) is 0. The van der Waals surface area contributed by atoms with Gasteiger partial charge in [-0.25, -0.2) is 0 Å². The zero-order valence-electron chi connectivity index (χ0n) is 16.9. The lowest BCUT2D eigenvalue weighted by Gasteiger charge is -2.30. The highest BCUT2D eigenvalue weighted by Gasteiger charge is 2.23. The minimum Gasteiger partial charge on any atom is -0.103 e. The van der Waals surface area contributed by atoms with Gasteiger partial charge >= 0.3 is 0 Å². The summed E-state index contributed by atoms with van der Waals surface area (Å²) >= 11 is 0. The predicted octanol–water partition coefficient (Wildman–Crippen LogP) is 7.95. The molecule has 2 unspecified atom stereocenters. The zero-order valence-corrected chi connectivity index (χ0v) is 16.9. The largest absolute Gasteiger partial charge is 0.103 e. The van der Waals surface area contributed by atoms with Crippen molar-refractivity contribution in [2.24, 2.45) is 22.7 Å². The lowest BCUT2D eigenvalue weighted by Crippen LogP contribution is -2.17. The van der Waals surface area contributed by atoms with Crippen LogP contribution in [0.3, 0.4) is 0 Å². The smallest absolute Gasteiger partial charge is 0.0177 e. The average molecular weight is 319 g/mol. The Kier molecular flexibility index (Phi) is 8.11. The Hall–Kier alpha value is -0.520. The number of hydrogen-bond donors (Lipinski definition) is 0. The van der Waals surface area contributed by atoms with E-state index in [0.29, 0.717) is 10.8 Å². The molecule has 134 valence electrons. The van der Waals surface area contributed by atoms with Gasteiger partial charge in [0.25, 0.3) is 0 Å². The molecule has 0 aromatic rings. The van der Waals surface area contributed by atoms with Crippen molar-refractivity contribution in [3.8, 4) is 0 Å². The molecule has 0 bridgehead atoms. The van der Waals surface area contributed by atoms with Crippen molar-refractivity contribution in [2.45, 2.75) is 99.3 Å². The maximum atomic E-state index is 3.97. The predicted molar refractivity (Wildman–Crippen MR) is 106 cm³/mol. The first kappa shape index (κ1) is 20.5. The Labute approximate surface area is 146 Å². The molecule has 0 aliphatic heterocycles. The van der Waals surface area contributed by atoms with Gasteiger partial charge in [-0.3, -0.25) is 0 Å². The van der Waals surface area contributed by atoms with E-state index in [2.05, 4.69) is 60.3 Å². The molecule has 1 rings (SSSR count). The van der Waals surface area contributed by atoms with Crippen LogP contribution in [-0.2, 0) is 0 Å². The van der Waals surface area contributed by atoms with Gasteiger partial charge in [0.2, 0.25) is 0 Å². The van der Waals surface area contributed by atoms with Gasteiger partial charge in [0.1, 0.15) is 0 Å². The van der Waals surface area contributed by atoms with E-state index in [0.717, 1.165) is 11.8 Å². The molecule has 0 saturated carbocycles. The van der Waals surface area contributed by atoms with Crippen LogP contribution in [0.15, 0.2) is 24.3 Å². The van der Waals surface area contributed by atoms with Crippen molar-refractivity contribution in [2.75, 3.05) is 0 Å². The topological polar surface area (TPSA) is 0 Å². The molecule has 0 N–H and O–H groups in total. The van der Waals surface area contributed by atoms with Crippen molar-refractivity contribution >= 4 is 0 Å². The molecule has 0 spiro atoms. The molecule has 2 atom stereocenters. The Morgan fingerprint density at radius 3 is 2.43 bits per heavy atom. The van der Waals surface area contributed by atoms with E-state index in [1.54, 1.807) is 5.57 Å². The monoisotopic (exact) mass is 318 g/mol. The van der Waals surface area contributed by atoms with E-state index in [-0.39, 0.29) is 0 Å². The first-order chi connectivity index (χ1) is 10.7. The summed E-state index contributed by atoms with van der Waals surface area (Å²) in [5.41, 5.74) is 2.38. The molecular formula is C23H42. The van der Waals surface area contributed by atoms with Crippen LogP contribution in [0.25, 0.3) is 0 Å². The Bertz CT molecular complexity index is 383. The fourth-order valence-corrected chi connectivity index (χ4v) is 3.70. The summed E-state index contributed by atoms with van der Waals surface area (Å²) in [5, 5.41) is 0. The van der Waals surface area contributed by atoms with Gasteiger partial charge in [-0.15, -0.1) is 6.58 Å². The molecule has 0 saturated heterocycles. The quantitative estimate of drug-likeness (QED) is 0.283. The molecular weight excluding hydrogens is 276 g/mol. The van der Waals surface area contributed by atoms with Crippen LogP contribution < -0.4 is 0 Å². The standard InChI is InChI=1S/C23H42/c1-8-22(4,5)17-18-23(6,7)16-10-9-11-20(3)21-14-12-19(2)13-15-21/h8,12,20-21H,1,9-11,13-18H2,2-7H3. The van der Waals surface area contributed by atoms with Crippen LogP contribution in [0, 0.1) is 22.7 Å². The van der Waals surface area contributed by atoms with Crippen molar-refractivity contribution in [3.05, 3.63) is 24.3 Å². The second kappa shape index (κ2) is 9.09. The maximum Gasteiger partial charge on any atom is -0.0177 e. The fraction of sp³-hybridized carbons (Fsp3) is 0.826. The van der Waals surface area contributed by atoms with Crippen LogP contribution in [0.5, 0.6) is 0 Å². The maximum absolute atomic E-state index is 3.97. The van der Waals surface area contributed by atoms with Crippen molar-refractivity contribution in [3.63, 3.8) is 0 Å². The molecule has 0 heteroatoms. The number of rotatable bonds is 10. The van der Waals surface area contributed by atoms with Gasteiger partial charge in [0.15, 0.2) is 0 Å². The summed E-state index contributed by atoms with van der Waals surface area (Å²) < 4.78 is 0. The highest BCUT2D eigenvalue weighted by Crippen LogP contribution is 2.36. The van der Waals surface area contributed by atoms with Crippen LogP contribution >= 0.6 is 0 Å². The van der Waals surface area contributed by atoms with Crippen LogP contribution in [0.1, 0.15) is 99.3 Å². The van der Waals surface area contributed by atoms with E-state index < -0.39 is 0 Å². The number of unbranched alkanes of at least 4 members (excludes halogenated alkanes) is 1. The lowest BCUT2D eigenvalue weighted by molar-refractivity contribution is 0.241. The molecule has 0 fully saturated rings. The first-order valence-electron chi connectivity index (χ1n) is 9.94. The van der Waals surface area contributed by atoms with Crippen molar-refractivity contribution < 1.29 is 0 Å².